The molecule has 6 heteroatoms. The van der Waals surface area contributed by atoms with Gasteiger partial charge in [-0.2, -0.15) is 0 Å². The van der Waals surface area contributed by atoms with Gasteiger partial charge in [-0.15, -0.1) is 0 Å². The highest BCUT2D eigenvalue weighted by molar-refractivity contribution is 5.84. The van der Waals surface area contributed by atoms with Gasteiger partial charge in [0.1, 0.15) is 24.0 Å². The Morgan fingerprint density at radius 2 is 1.85 bits per heavy atom. The highest BCUT2D eigenvalue weighted by Crippen LogP contribution is 2.25. The number of H-pyrrole nitrogens is 1. The predicted octanol–water partition coefficient (Wildman–Crippen LogP) is 2.93. The number of benzene rings is 2. The number of hydrogen-bond acceptors (Lipinski definition) is 5. The number of aromatic amines is 1. The summed E-state index contributed by atoms with van der Waals surface area (Å²) < 4.78 is 5.78. The molecule has 0 aliphatic heterocycles. The zero-order valence-electron chi connectivity index (χ0n) is 16.2. The fourth-order valence-corrected chi connectivity index (χ4v) is 3.15. The third-order valence-corrected chi connectivity index (χ3v) is 4.64. The van der Waals surface area contributed by atoms with Crippen molar-refractivity contribution < 1.29 is 9.84 Å². The molecule has 1 heterocycles. The molecule has 0 aliphatic rings. The van der Waals surface area contributed by atoms with Gasteiger partial charge < -0.3 is 25.5 Å². The van der Waals surface area contributed by atoms with Crippen LogP contribution < -0.4 is 15.4 Å². The molecule has 0 fully saturated rings. The summed E-state index contributed by atoms with van der Waals surface area (Å²) in [6, 6.07) is 10.2. The number of ether oxygens (including phenoxy) is 1. The summed E-state index contributed by atoms with van der Waals surface area (Å²) in [7, 11) is 0. The number of aryl methyl sites for hydroxylation is 3. The Morgan fingerprint density at radius 3 is 2.63 bits per heavy atom. The van der Waals surface area contributed by atoms with Gasteiger partial charge in [0.25, 0.3) is 0 Å². The molecule has 0 saturated heterocycles. The summed E-state index contributed by atoms with van der Waals surface area (Å²) in [4.78, 5) is 7.39. The molecule has 6 nitrogen and oxygen atoms in total. The third kappa shape index (κ3) is 4.78. The van der Waals surface area contributed by atoms with Gasteiger partial charge in [-0.25, -0.2) is 4.98 Å². The second-order valence-corrected chi connectivity index (χ2v) is 6.87. The van der Waals surface area contributed by atoms with Gasteiger partial charge in [-0.3, -0.25) is 0 Å². The zero-order chi connectivity index (χ0) is 19.2. The number of rotatable bonds is 9. The predicted molar refractivity (Wildman–Crippen MR) is 110 cm³/mol. The molecular formula is C21H28N4O2. The minimum atomic E-state index is -0.579. The Bertz CT molecular complexity index is 871. The first-order chi connectivity index (χ1) is 13.1. The van der Waals surface area contributed by atoms with Crippen molar-refractivity contribution in [3.63, 3.8) is 0 Å². The van der Waals surface area contributed by atoms with Crippen LogP contribution in [0, 0.1) is 20.8 Å². The van der Waals surface area contributed by atoms with Crippen molar-refractivity contribution in [3.05, 3.63) is 53.3 Å². The lowest BCUT2D eigenvalue weighted by atomic mass is 10.1. The van der Waals surface area contributed by atoms with Gasteiger partial charge in [0.2, 0.25) is 0 Å². The van der Waals surface area contributed by atoms with Crippen molar-refractivity contribution in [1.82, 2.24) is 15.3 Å². The molecule has 2 aromatic carbocycles. The minimum absolute atomic E-state index is 0.231. The summed E-state index contributed by atoms with van der Waals surface area (Å²) in [5.74, 6) is 0.712. The molecule has 144 valence electrons. The van der Waals surface area contributed by atoms with Crippen LogP contribution in [-0.4, -0.2) is 47.4 Å². The van der Waals surface area contributed by atoms with Crippen molar-refractivity contribution in [2.75, 3.05) is 31.6 Å². The Labute approximate surface area is 160 Å². The topological polar surface area (TPSA) is 82.2 Å². The minimum Gasteiger partial charge on any atom is -0.489 e. The smallest absolute Gasteiger partial charge is 0.145 e. The van der Waals surface area contributed by atoms with E-state index in [4.69, 9.17) is 4.74 Å². The van der Waals surface area contributed by atoms with E-state index in [1.807, 2.05) is 19.1 Å². The normalized spacial score (nSPS) is 12.3. The standard InChI is InChI=1S/C21H28N4O2/c1-14-5-4-6-15(2)19(14)23-10-9-22-11-17(26)12-27-18-8-7-16(3)20-21(18)25-13-24-20/h4-8,13,17,22-23,26H,9-12H2,1-3H3,(H,24,25). The number of aliphatic hydroxyl groups excluding tert-OH is 1. The first kappa shape index (κ1) is 19.2. The van der Waals surface area contributed by atoms with Crippen LogP contribution in [0.4, 0.5) is 5.69 Å². The molecule has 3 aromatic rings. The largest absolute Gasteiger partial charge is 0.489 e. The Kier molecular flexibility index (Phi) is 6.32. The van der Waals surface area contributed by atoms with Gasteiger partial charge in [-0.05, 0) is 43.5 Å². The molecule has 27 heavy (non-hydrogen) atoms. The van der Waals surface area contributed by atoms with Crippen LogP contribution in [0.2, 0.25) is 0 Å². The lowest BCUT2D eigenvalue weighted by Crippen LogP contribution is -2.34. The fraction of sp³-hybridized carbons (Fsp3) is 0.381. The molecule has 0 spiro atoms. The third-order valence-electron chi connectivity index (χ3n) is 4.64. The summed E-state index contributed by atoms with van der Waals surface area (Å²) in [6.07, 6.45) is 1.08. The molecule has 1 aromatic heterocycles. The van der Waals surface area contributed by atoms with Crippen molar-refractivity contribution in [3.8, 4) is 5.75 Å². The SMILES string of the molecule is Cc1cccc(C)c1NCCNCC(O)COc1ccc(C)c2nc[nH]c12. The zero-order valence-corrected chi connectivity index (χ0v) is 16.2. The maximum atomic E-state index is 10.2. The number of anilines is 1. The van der Waals surface area contributed by atoms with Gasteiger partial charge in [0.15, 0.2) is 0 Å². The molecule has 1 unspecified atom stereocenters. The summed E-state index contributed by atoms with van der Waals surface area (Å²) in [6.45, 7) is 8.49. The van der Waals surface area contributed by atoms with E-state index >= 15 is 0 Å². The number of aliphatic hydroxyl groups is 1. The van der Waals surface area contributed by atoms with E-state index in [1.165, 1.54) is 16.8 Å². The Hall–Kier alpha value is -2.57. The van der Waals surface area contributed by atoms with Crippen LogP contribution >= 0.6 is 0 Å². The van der Waals surface area contributed by atoms with Crippen LogP contribution in [0.5, 0.6) is 5.75 Å². The fourth-order valence-electron chi connectivity index (χ4n) is 3.15. The summed E-state index contributed by atoms with van der Waals surface area (Å²) >= 11 is 0. The average Bonchev–Trinajstić information content (AvgIpc) is 3.14. The lowest BCUT2D eigenvalue weighted by molar-refractivity contribution is 0.107. The van der Waals surface area contributed by atoms with E-state index < -0.39 is 6.10 Å². The maximum absolute atomic E-state index is 10.2. The van der Waals surface area contributed by atoms with E-state index in [9.17, 15) is 5.11 Å². The molecule has 3 rings (SSSR count). The molecule has 0 radical (unpaired) electrons. The first-order valence-electron chi connectivity index (χ1n) is 9.30. The van der Waals surface area contributed by atoms with E-state index in [2.05, 4.69) is 52.6 Å². The van der Waals surface area contributed by atoms with Gasteiger partial charge in [0.05, 0.1) is 11.8 Å². The molecule has 0 aliphatic carbocycles. The molecule has 1 atom stereocenters. The van der Waals surface area contributed by atoms with E-state index in [0.717, 1.165) is 29.7 Å². The monoisotopic (exact) mass is 368 g/mol. The van der Waals surface area contributed by atoms with Gasteiger partial charge >= 0.3 is 0 Å². The second-order valence-electron chi connectivity index (χ2n) is 6.87. The average molecular weight is 368 g/mol. The summed E-state index contributed by atoms with van der Waals surface area (Å²) in [5.41, 5.74) is 6.53. The number of hydrogen-bond donors (Lipinski definition) is 4. The lowest BCUT2D eigenvalue weighted by Gasteiger charge is -2.15. The van der Waals surface area contributed by atoms with Gasteiger partial charge in [-0.1, -0.05) is 24.3 Å². The molecule has 0 saturated carbocycles. The highest BCUT2D eigenvalue weighted by Gasteiger charge is 2.10. The number of fused-ring (bicyclic) bond motifs is 1. The second kappa shape index (κ2) is 8.88. The van der Waals surface area contributed by atoms with Crippen LogP contribution in [0.1, 0.15) is 16.7 Å². The summed E-state index contributed by atoms with van der Waals surface area (Å²) in [5, 5.41) is 16.9. The van der Waals surface area contributed by atoms with Gasteiger partial charge in [0, 0.05) is 25.3 Å². The van der Waals surface area contributed by atoms with Crippen molar-refractivity contribution in [2.45, 2.75) is 26.9 Å². The van der Waals surface area contributed by atoms with Crippen molar-refractivity contribution in [2.24, 2.45) is 0 Å². The Balaban J connectivity index is 1.39. The number of aromatic nitrogens is 2. The van der Waals surface area contributed by atoms with Crippen LogP contribution in [0.15, 0.2) is 36.7 Å². The molecule has 0 amide bonds. The highest BCUT2D eigenvalue weighted by atomic mass is 16.5. The van der Waals surface area contributed by atoms with Crippen LogP contribution in [-0.2, 0) is 0 Å². The van der Waals surface area contributed by atoms with Crippen LogP contribution in [0.3, 0.4) is 0 Å². The molecular weight excluding hydrogens is 340 g/mol. The van der Waals surface area contributed by atoms with Crippen molar-refractivity contribution in [1.29, 1.82) is 0 Å². The van der Waals surface area contributed by atoms with Crippen molar-refractivity contribution >= 4 is 16.7 Å². The number of para-hydroxylation sites is 1. The van der Waals surface area contributed by atoms with E-state index in [-0.39, 0.29) is 6.61 Å². The maximum Gasteiger partial charge on any atom is 0.145 e. The van der Waals surface area contributed by atoms with Crippen LogP contribution in [0.25, 0.3) is 11.0 Å². The first-order valence-corrected chi connectivity index (χ1v) is 9.30. The van der Waals surface area contributed by atoms with E-state index in [0.29, 0.717) is 12.3 Å². The number of nitrogens with zero attached hydrogens (tertiary/aromatic N) is 1. The quantitative estimate of drug-likeness (QED) is 0.437. The molecule has 4 N–H and O–H groups in total. The number of imidazole rings is 1. The molecule has 0 bridgehead atoms. The number of nitrogens with one attached hydrogen (secondary N) is 3. The van der Waals surface area contributed by atoms with E-state index in [1.54, 1.807) is 6.33 Å². The Morgan fingerprint density at radius 1 is 1.07 bits per heavy atom.